The van der Waals surface area contributed by atoms with Crippen molar-refractivity contribution in [2.75, 3.05) is 52.4 Å². The molecule has 2 aliphatic heterocycles. The number of benzene rings is 3. The lowest BCUT2D eigenvalue weighted by molar-refractivity contribution is 0.0415. The van der Waals surface area contributed by atoms with Crippen molar-refractivity contribution in [2.24, 2.45) is 0 Å². The van der Waals surface area contributed by atoms with Gasteiger partial charge < -0.3 is 9.84 Å². The van der Waals surface area contributed by atoms with Crippen LogP contribution in [0.4, 0.5) is 0 Å². The van der Waals surface area contributed by atoms with Gasteiger partial charge in [0.25, 0.3) is 11.8 Å². The van der Waals surface area contributed by atoms with Gasteiger partial charge in [-0.1, -0.05) is 36.4 Å². The lowest BCUT2D eigenvalue weighted by Crippen LogP contribution is -2.51. The van der Waals surface area contributed by atoms with E-state index in [1.165, 1.54) is 10.5 Å². The van der Waals surface area contributed by atoms with Crippen LogP contribution in [0, 0.1) is 13.8 Å². The first-order chi connectivity index (χ1) is 17.4. The van der Waals surface area contributed by atoms with E-state index in [4.69, 9.17) is 4.74 Å². The molecule has 5 rings (SSSR count). The molecule has 36 heavy (non-hydrogen) atoms. The van der Waals surface area contributed by atoms with Crippen molar-refractivity contribution in [3.05, 3.63) is 76.9 Å². The average Bonchev–Trinajstić information content (AvgIpc) is 2.89. The molecule has 2 amide bonds. The standard InChI is InChI=1S/C29H33N3O4/c1-20-6-3-11-26(21(20)2)36-19-23(33)18-31-14-12-30(13-15-31)16-17-32-28(34)24-9-4-7-22-8-5-10-25(27(22)24)29(32)35/h3-11,23,33H,12-19H2,1-2H3/t23-/m0/s1. The molecular weight excluding hydrogens is 454 g/mol. The van der Waals surface area contributed by atoms with E-state index in [2.05, 4.69) is 22.8 Å². The summed E-state index contributed by atoms with van der Waals surface area (Å²) in [5.74, 6) is 0.393. The maximum atomic E-state index is 13.1. The Balaban J connectivity index is 1.10. The highest BCUT2D eigenvalue weighted by Gasteiger charge is 2.33. The first-order valence-electron chi connectivity index (χ1n) is 12.6. The van der Waals surface area contributed by atoms with Crippen molar-refractivity contribution in [3.63, 3.8) is 0 Å². The van der Waals surface area contributed by atoms with Gasteiger partial charge in [-0.25, -0.2) is 0 Å². The molecule has 7 heteroatoms. The van der Waals surface area contributed by atoms with Gasteiger partial charge in [0.2, 0.25) is 0 Å². The molecule has 1 fully saturated rings. The molecule has 1 N–H and O–H groups in total. The van der Waals surface area contributed by atoms with Gasteiger partial charge in [-0.05, 0) is 48.6 Å². The van der Waals surface area contributed by atoms with Crippen LogP contribution in [0.3, 0.4) is 0 Å². The number of carbonyl (C=O) groups is 2. The molecule has 0 spiro atoms. The minimum atomic E-state index is -0.567. The number of carbonyl (C=O) groups excluding carboxylic acids is 2. The second-order valence-corrected chi connectivity index (χ2v) is 9.78. The summed E-state index contributed by atoms with van der Waals surface area (Å²) in [7, 11) is 0. The first kappa shape index (κ1) is 24.4. The Labute approximate surface area is 211 Å². The van der Waals surface area contributed by atoms with Crippen LogP contribution in [0.2, 0.25) is 0 Å². The number of aliphatic hydroxyl groups excluding tert-OH is 1. The van der Waals surface area contributed by atoms with Crippen LogP contribution in [0.15, 0.2) is 54.6 Å². The molecule has 0 radical (unpaired) electrons. The first-order valence-corrected chi connectivity index (χ1v) is 12.6. The minimum absolute atomic E-state index is 0.213. The number of rotatable bonds is 8. The second kappa shape index (κ2) is 10.4. The molecule has 0 saturated carbocycles. The number of hydrogen-bond donors (Lipinski definition) is 1. The summed E-state index contributed by atoms with van der Waals surface area (Å²) < 4.78 is 5.86. The zero-order chi connectivity index (χ0) is 25.2. The molecule has 0 bridgehead atoms. The number of ether oxygens (including phenoxy) is 1. The Kier molecular flexibility index (Phi) is 7.05. The third-order valence-electron chi connectivity index (χ3n) is 7.42. The number of aryl methyl sites for hydroxylation is 1. The van der Waals surface area contributed by atoms with E-state index in [9.17, 15) is 14.7 Å². The highest BCUT2D eigenvalue weighted by molar-refractivity contribution is 6.25. The Morgan fingerprint density at radius 3 is 2.11 bits per heavy atom. The van der Waals surface area contributed by atoms with E-state index in [0.29, 0.717) is 30.8 Å². The van der Waals surface area contributed by atoms with Gasteiger partial charge in [0.15, 0.2) is 0 Å². The van der Waals surface area contributed by atoms with Gasteiger partial charge in [0.1, 0.15) is 18.5 Å². The van der Waals surface area contributed by atoms with Crippen molar-refractivity contribution >= 4 is 22.6 Å². The largest absolute Gasteiger partial charge is 0.491 e. The van der Waals surface area contributed by atoms with Gasteiger partial charge in [-0.3, -0.25) is 24.3 Å². The fourth-order valence-corrected chi connectivity index (χ4v) is 5.14. The summed E-state index contributed by atoms with van der Waals surface area (Å²) in [5, 5.41) is 12.2. The maximum Gasteiger partial charge on any atom is 0.261 e. The van der Waals surface area contributed by atoms with Crippen LogP contribution < -0.4 is 4.74 Å². The highest BCUT2D eigenvalue weighted by atomic mass is 16.5. The number of aliphatic hydroxyl groups is 1. The zero-order valence-corrected chi connectivity index (χ0v) is 20.9. The molecule has 0 unspecified atom stereocenters. The van der Waals surface area contributed by atoms with E-state index in [1.807, 2.05) is 55.5 Å². The number of hydrogen-bond acceptors (Lipinski definition) is 6. The third kappa shape index (κ3) is 4.87. The molecule has 3 aromatic carbocycles. The van der Waals surface area contributed by atoms with Gasteiger partial charge in [0, 0.05) is 62.3 Å². The van der Waals surface area contributed by atoms with E-state index >= 15 is 0 Å². The van der Waals surface area contributed by atoms with Crippen molar-refractivity contribution in [3.8, 4) is 5.75 Å². The molecule has 0 aromatic heterocycles. The van der Waals surface area contributed by atoms with Crippen LogP contribution in [0.5, 0.6) is 5.75 Å². The SMILES string of the molecule is Cc1cccc(OC[C@@H](O)CN2CCN(CCN3C(=O)c4cccc5cccc(c45)C3=O)CC2)c1C. The Bertz CT molecular complexity index is 1230. The molecular formula is C29H33N3O4. The molecule has 1 saturated heterocycles. The average molecular weight is 488 g/mol. The number of nitrogens with zero attached hydrogens (tertiary/aromatic N) is 3. The second-order valence-electron chi connectivity index (χ2n) is 9.78. The lowest BCUT2D eigenvalue weighted by Gasteiger charge is -2.36. The Morgan fingerprint density at radius 1 is 0.833 bits per heavy atom. The summed E-state index contributed by atoms with van der Waals surface area (Å²) in [6, 6.07) is 17.2. The molecule has 1 atom stereocenters. The highest BCUT2D eigenvalue weighted by Crippen LogP contribution is 2.29. The summed E-state index contributed by atoms with van der Waals surface area (Å²) >= 11 is 0. The van der Waals surface area contributed by atoms with Crippen molar-refractivity contribution < 1.29 is 19.4 Å². The molecule has 0 aliphatic carbocycles. The van der Waals surface area contributed by atoms with Crippen molar-refractivity contribution in [2.45, 2.75) is 20.0 Å². The number of amides is 2. The van der Waals surface area contributed by atoms with Crippen molar-refractivity contribution in [1.29, 1.82) is 0 Å². The van der Waals surface area contributed by atoms with Gasteiger partial charge in [-0.2, -0.15) is 0 Å². The van der Waals surface area contributed by atoms with E-state index in [-0.39, 0.29) is 18.4 Å². The van der Waals surface area contributed by atoms with Crippen LogP contribution in [-0.4, -0.2) is 90.1 Å². The summed E-state index contributed by atoms with van der Waals surface area (Å²) in [6.07, 6.45) is -0.567. The molecule has 2 heterocycles. The number of β-amino-alcohol motifs (C(OH)–C–C–N with tert-alkyl or cyclic N) is 1. The van der Waals surface area contributed by atoms with Crippen LogP contribution >= 0.6 is 0 Å². The minimum Gasteiger partial charge on any atom is -0.491 e. The van der Waals surface area contributed by atoms with Gasteiger partial charge in [0.05, 0.1) is 0 Å². The fraction of sp³-hybridized carbons (Fsp3) is 0.379. The zero-order valence-electron chi connectivity index (χ0n) is 20.9. The van der Waals surface area contributed by atoms with E-state index in [0.717, 1.165) is 48.3 Å². The summed E-state index contributed by atoms with van der Waals surface area (Å²) in [5.41, 5.74) is 3.48. The predicted octanol–water partition coefficient (Wildman–Crippen LogP) is 3.11. The number of piperazine rings is 1. The monoisotopic (exact) mass is 487 g/mol. The molecule has 7 nitrogen and oxygen atoms in total. The molecule has 3 aromatic rings. The quantitative estimate of drug-likeness (QED) is 0.493. The lowest BCUT2D eigenvalue weighted by atomic mass is 9.94. The van der Waals surface area contributed by atoms with Crippen LogP contribution in [0.1, 0.15) is 31.8 Å². The van der Waals surface area contributed by atoms with E-state index in [1.54, 1.807) is 0 Å². The van der Waals surface area contributed by atoms with Crippen molar-refractivity contribution in [1.82, 2.24) is 14.7 Å². The smallest absolute Gasteiger partial charge is 0.261 e. The van der Waals surface area contributed by atoms with Crippen LogP contribution in [0.25, 0.3) is 10.8 Å². The Morgan fingerprint density at radius 2 is 1.44 bits per heavy atom. The number of imide groups is 1. The fourth-order valence-electron chi connectivity index (χ4n) is 5.14. The predicted molar refractivity (Wildman–Crippen MR) is 140 cm³/mol. The topological polar surface area (TPSA) is 73.3 Å². The van der Waals surface area contributed by atoms with Gasteiger partial charge in [-0.15, -0.1) is 0 Å². The molecule has 2 aliphatic rings. The normalized spacial score (nSPS) is 17.6. The summed E-state index contributed by atoms with van der Waals surface area (Å²) in [6.45, 7) is 9.21. The van der Waals surface area contributed by atoms with E-state index < -0.39 is 6.10 Å². The van der Waals surface area contributed by atoms with Crippen LogP contribution in [-0.2, 0) is 0 Å². The van der Waals surface area contributed by atoms with Gasteiger partial charge >= 0.3 is 0 Å². The summed E-state index contributed by atoms with van der Waals surface area (Å²) in [4.78, 5) is 32.1. The third-order valence-corrected chi connectivity index (χ3v) is 7.42. The Hall–Kier alpha value is -3.26. The molecule has 188 valence electrons. The maximum absolute atomic E-state index is 13.1.